The summed E-state index contributed by atoms with van der Waals surface area (Å²) < 4.78 is 10.8. The van der Waals surface area contributed by atoms with Gasteiger partial charge >= 0.3 is 0 Å². The zero-order valence-electron chi connectivity index (χ0n) is 16.2. The number of likely N-dealkylation sites (tertiary alicyclic amines) is 1. The Morgan fingerprint density at radius 3 is 2.67 bits per heavy atom. The third-order valence-electron chi connectivity index (χ3n) is 5.18. The molecule has 4 nitrogen and oxygen atoms in total. The Hall–Kier alpha value is -2.23. The first-order valence-corrected chi connectivity index (χ1v) is 10.3. The van der Waals surface area contributed by atoms with Crippen LogP contribution in [0, 0.1) is 0 Å². The molecule has 0 aliphatic carbocycles. The van der Waals surface area contributed by atoms with Crippen LogP contribution in [0.1, 0.15) is 56.9 Å². The second kappa shape index (κ2) is 10.8. The summed E-state index contributed by atoms with van der Waals surface area (Å²) in [5.74, 6) is 1.89. The number of hydrogen-bond donors (Lipinski definition) is 0. The maximum Gasteiger partial charge on any atom is 0.246 e. The number of benzene rings is 1. The lowest BCUT2D eigenvalue weighted by molar-refractivity contribution is -0.126. The van der Waals surface area contributed by atoms with Crippen molar-refractivity contribution in [2.75, 3.05) is 19.9 Å². The second-order valence-electron chi connectivity index (χ2n) is 7.31. The van der Waals surface area contributed by atoms with E-state index in [1.165, 1.54) is 37.7 Å². The van der Waals surface area contributed by atoms with Crippen LogP contribution in [-0.2, 0) is 11.2 Å². The number of ether oxygens (including phenoxy) is 2. The summed E-state index contributed by atoms with van der Waals surface area (Å²) in [6.07, 6.45) is 18.4. The van der Waals surface area contributed by atoms with Crippen LogP contribution in [0.2, 0.25) is 0 Å². The van der Waals surface area contributed by atoms with Crippen molar-refractivity contribution < 1.29 is 14.3 Å². The SMILES string of the molecule is O=C(/C=C/C=C/CCCCCCc1ccc2c(c1)OCO2)N1CCCCC1. The number of fused-ring (bicyclic) bond motifs is 1. The van der Waals surface area contributed by atoms with Gasteiger partial charge in [0.2, 0.25) is 12.7 Å². The van der Waals surface area contributed by atoms with Crippen molar-refractivity contribution in [2.45, 2.75) is 57.8 Å². The number of rotatable bonds is 9. The molecule has 27 heavy (non-hydrogen) atoms. The number of amides is 1. The van der Waals surface area contributed by atoms with Crippen molar-refractivity contribution >= 4 is 5.91 Å². The van der Waals surface area contributed by atoms with Gasteiger partial charge in [-0.3, -0.25) is 4.79 Å². The molecule has 0 N–H and O–H groups in total. The van der Waals surface area contributed by atoms with Crippen molar-refractivity contribution in [3.8, 4) is 11.5 Å². The maximum atomic E-state index is 12.0. The number of aryl methyl sites for hydroxylation is 1. The lowest BCUT2D eigenvalue weighted by Crippen LogP contribution is -2.34. The summed E-state index contributed by atoms with van der Waals surface area (Å²) in [5.41, 5.74) is 1.32. The molecular weight excluding hydrogens is 338 g/mol. The van der Waals surface area contributed by atoms with Gasteiger partial charge in [-0.25, -0.2) is 0 Å². The van der Waals surface area contributed by atoms with E-state index in [9.17, 15) is 4.79 Å². The van der Waals surface area contributed by atoms with Gasteiger partial charge in [0.05, 0.1) is 0 Å². The molecule has 0 saturated carbocycles. The van der Waals surface area contributed by atoms with Crippen LogP contribution in [0.15, 0.2) is 42.5 Å². The molecule has 0 atom stereocenters. The minimum Gasteiger partial charge on any atom is -0.454 e. The second-order valence-corrected chi connectivity index (χ2v) is 7.31. The molecule has 4 heteroatoms. The summed E-state index contributed by atoms with van der Waals surface area (Å²) in [5, 5.41) is 0. The zero-order valence-corrected chi connectivity index (χ0v) is 16.2. The number of piperidine rings is 1. The molecule has 1 amide bonds. The highest BCUT2D eigenvalue weighted by Gasteiger charge is 2.13. The van der Waals surface area contributed by atoms with Crippen molar-refractivity contribution in [1.82, 2.24) is 4.90 Å². The van der Waals surface area contributed by atoms with E-state index in [0.717, 1.165) is 50.3 Å². The highest BCUT2D eigenvalue weighted by Crippen LogP contribution is 2.32. The summed E-state index contributed by atoms with van der Waals surface area (Å²) in [6, 6.07) is 6.24. The molecule has 3 rings (SSSR count). The van der Waals surface area contributed by atoms with E-state index in [1.54, 1.807) is 6.08 Å². The third-order valence-corrected chi connectivity index (χ3v) is 5.18. The quantitative estimate of drug-likeness (QED) is 0.348. The van der Waals surface area contributed by atoms with Crippen LogP contribution < -0.4 is 9.47 Å². The monoisotopic (exact) mass is 369 g/mol. The Labute approximate surface area is 162 Å². The Bertz CT molecular complexity index is 660. The van der Waals surface area contributed by atoms with E-state index in [1.807, 2.05) is 23.1 Å². The maximum absolute atomic E-state index is 12.0. The number of unbranched alkanes of at least 4 members (excludes halogenated alkanes) is 4. The van der Waals surface area contributed by atoms with Crippen LogP contribution in [0.3, 0.4) is 0 Å². The van der Waals surface area contributed by atoms with E-state index in [-0.39, 0.29) is 5.91 Å². The molecule has 0 aromatic heterocycles. The molecule has 1 saturated heterocycles. The van der Waals surface area contributed by atoms with Gasteiger partial charge in [0.15, 0.2) is 11.5 Å². The first-order valence-electron chi connectivity index (χ1n) is 10.3. The average molecular weight is 370 g/mol. The van der Waals surface area contributed by atoms with Gasteiger partial charge in [-0.1, -0.05) is 37.1 Å². The summed E-state index contributed by atoms with van der Waals surface area (Å²) >= 11 is 0. The van der Waals surface area contributed by atoms with Gasteiger partial charge in [0.1, 0.15) is 0 Å². The van der Waals surface area contributed by atoms with Crippen LogP contribution in [0.4, 0.5) is 0 Å². The number of allylic oxidation sites excluding steroid dienone is 3. The molecule has 146 valence electrons. The Kier molecular flexibility index (Phi) is 7.82. The fourth-order valence-corrected chi connectivity index (χ4v) is 3.57. The van der Waals surface area contributed by atoms with Crippen molar-refractivity contribution in [2.24, 2.45) is 0 Å². The van der Waals surface area contributed by atoms with E-state index < -0.39 is 0 Å². The largest absolute Gasteiger partial charge is 0.454 e. The van der Waals surface area contributed by atoms with Gasteiger partial charge in [-0.15, -0.1) is 0 Å². The molecule has 1 aromatic rings. The Morgan fingerprint density at radius 2 is 1.78 bits per heavy atom. The molecule has 2 aliphatic heterocycles. The van der Waals surface area contributed by atoms with E-state index in [2.05, 4.69) is 18.2 Å². The minimum absolute atomic E-state index is 0.155. The van der Waals surface area contributed by atoms with Gasteiger partial charge in [-0.05, 0) is 62.6 Å². The average Bonchev–Trinajstić information content (AvgIpc) is 3.17. The van der Waals surface area contributed by atoms with Crippen LogP contribution >= 0.6 is 0 Å². The molecule has 0 unspecified atom stereocenters. The van der Waals surface area contributed by atoms with Gasteiger partial charge < -0.3 is 14.4 Å². The summed E-state index contributed by atoms with van der Waals surface area (Å²) in [4.78, 5) is 13.9. The fraction of sp³-hybridized carbons (Fsp3) is 0.522. The first-order chi connectivity index (χ1) is 13.3. The van der Waals surface area contributed by atoms with E-state index >= 15 is 0 Å². The number of hydrogen-bond acceptors (Lipinski definition) is 3. The van der Waals surface area contributed by atoms with E-state index in [4.69, 9.17) is 9.47 Å². The minimum atomic E-state index is 0.155. The van der Waals surface area contributed by atoms with Gasteiger partial charge in [0, 0.05) is 19.2 Å². The van der Waals surface area contributed by atoms with Crippen LogP contribution in [-0.4, -0.2) is 30.7 Å². The predicted octanol–water partition coefficient (Wildman–Crippen LogP) is 5.03. The lowest BCUT2D eigenvalue weighted by Gasteiger charge is -2.25. The molecule has 0 bridgehead atoms. The topological polar surface area (TPSA) is 38.8 Å². The third kappa shape index (κ3) is 6.46. The van der Waals surface area contributed by atoms with E-state index in [0.29, 0.717) is 6.79 Å². The standard InChI is InChI=1S/C23H31NO3/c25-23(24-16-10-7-11-17-24)13-9-6-4-2-1-3-5-8-12-20-14-15-21-22(18-20)27-19-26-21/h4,6,9,13-15,18H,1-3,5,7-8,10-12,16-17,19H2/b6-4+,13-9+. The van der Waals surface area contributed by atoms with Crippen molar-refractivity contribution in [3.63, 3.8) is 0 Å². The van der Waals surface area contributed by atoms with Crippen LogP contribution in [0.25, 0.3) is 0 Å². The first kappa shape index (κ1) is 19.5. The molecule has 1 aromatic carbocycles. The number of nitrogens with zero attached hydrogens (tertiary/aromatic N) is 1. The normalized spacial score (nSPS) is 16.5. The lowest BCUT2D eigenvalue weighted by atomic mass is 10.0. The van der Waals surface area contributed by atoms with Gasteiger partial charge in [0.25, 0.3) is 0 Å². The predicted molar refractivity (Wildman–Crippen MR) is 108 cm³/mol. The molecule has 0 spiro atoms. The molecule has 0 radical (unpaired) electrons. The molecule has 2 aliphatic rings. The zero-order chi connectivity index (χ0) is 18.7. The molecular formula is C23H31NO3. The smallest absolute Gasteiger partial charge is 0.246 e. The Morgan fingerprint density at radius 1 is 0.963 bits per heavy atom. The molecule has 1 fully saturated rings. The highest BCUT2D eigenvalue weighted by molar-refractivity contribution is 5.87. The number of carbonyl (C=O) groups is 1. The summed E-state index contributed by atoms with van der Waals surface area (Å²) in [6.45, 7) is 2.17. The number of carbonyl (C=O) groups excluding carboxylic acids is 1. The summed E-state index contributed by atoms with van der Waals surface area (Å²) in [7, 11) is 0. The van der Waals surface area contributed by atoms with Crippen molar-refractivity contribution in [1.29, 1.82) is 0 Å². The Balaban J connectivity index is 1.21. The van der Waals surface area contributed by atoms with Gasteiger partial charge in [-0.2, -0.15) is 0 Å². The molecule has 2 heterocycles. The van der Waals surface area contributed by atoms with Crippen LogP contribution in [0.5, 0.6) is 11.5 Å². The van der Waals surface area contributed by atoms with Crippen molar-refractivity contribution in [3.05, 3.63) is 48.1 Å². The highest BCUT2D eigenvalue weighted by atomic mass is 16.7. The fourth-order valence-electron chi connectivity index (χ4n) is 3.57.